The maximum absolute atomic E-state index is 5.59. The van der Waals surface area contributed by atoms with Crippen molar-refractivity contribution in [2.45, 2.75) is 19.4 Å². The topological polar surface area (TPSA) is 9.23 Å². The summed E-state index contributed by atoms with van der Waals surface area (Å²) in [4.78, 5) is 0. The smallest absolute Gasteiger partial charge is 0.127 e. The molecule has 2 rings (SSSR count). The third-order valence-corrected chi connectivity index (χ3v) is 2.36. The van der Waals surface area contributed by atoms with Gasteiger partial charge in [-0.1, -0.05) is 42.5 Å². The van der Waals surface area contributed by atoms with Crippen LogP contribution in [0.3, 0.4) is 0 Å². The molecule has 0 saturated heterocycles. The van der Waals surface area contributed by atoms with E-state index in [1.54, 1.807) is 0 Å². The van der Waals surface area contributed by atoms with E-state index < -0.39 is 0 Å². The maximum atomic E-state index is 5.59. The molecule has 1 aromatic carbocycles. The van der Waals surface area contributed by atoms with Gasteiger partial charge in [0.1, 0.15) is 6.10 Å². The first-order valence-corrected chi connectivity index (χ1v) is 4.92. The van der Waals surface area contributed by atoms with Gasteiger partial charge in [0.25, 0.3) is 0 Å². The zero-order valence-corrected chi connectivity index (χ0v) is 8.31. The van der Waals surface area contributed by atoms with Crippen LogP contribution >= 0.6 is 0 Å². The Balaban J connectivity index is 2.06. The monoisotopic (exact) mass is 186 g/mol. The molecule has 1 atom stereocenters. The molecular formula is C13H14O. The van der Waals surface area contributed by atoms with Gasteiger partial charge in [-0.25, -0.2) is 0 Å². The Morgan fingerprint density at radius 2 is 2.07 bits per heavy atom. The third kappa shape index (κ3) is 1.87. The summed E-state index contributed by atoms with van der Waals surface area (Å²) in [6, 6.07) is 10.3. The molecule has 1 heteroatoms. The Morgan fingerprint density at radius 3 is 2.79 bits per heavy atom. The molecule has 1 nitrogen and oxygen atoms in total. The number of benzene rings is 1. The lowest BCUT2D eigenvalue weighted by molar-refractivity contribution is 0.173. The van der Waals surface area contributed by atoms with Gasteiger partial charge in [-0.15, -0.1) is 0 Å². The average Bonchev–Trinajstić information content (AvgIpc) is 2.68. The van der Waals surface area contributed by atoms with Crippen LogP contribution in [0.5, 0.6) is 0 Å². The third-order valence-electron chi connectivity index (χ3n) is 2.36. The Labute approximate surface area is 84.7 Å². The van der Waals surface area contributed by atoms with E-state index in [1.807, 2.05) is 37.5 Å². The molecule has 1 heterocycles. The molecule has 14 heavy (non-hydrogen) atoms. The van der Waals surface area contributed by atoms with Crippen molar-refractivity contribution >= 4 is 0 Å². The molecule has 0 aliphatic carbocycles. The van der Waals surface area contributed by atoms with E-state index in [1.165, 1.54) is 11.1 Å². The first-order valence-electron chi connectivity index (χ1n) is 4.92. The zero-order chi connectivity index (χ0) is 9.80. The number of rotatable bonds is 2. The number of hydrogen-bond acceptors (Lipinski definition) is 1. The van der Waals surface area contributed by atoms with Crippen LogP contribution in [0.2, 0.25) is 0 Å². The second-order valence-electron chi connectivity index (χ2n) is 3.43. The predicted molar refractivity (Wildman–Crippen MR) is 57.8 cm³/mol. The van der Waals surface area contributed by atoms with Gasteiger partial charge in [-0.3, -0.25) is 0 Å². The molecule has 0 fully saturated rings. The number of allylic oxidation sites excluding steroid dienone is 2. The summed E-state index contributed by atoms with van der Waals surface area (Å²) < 4.78 is 5.59. The van der Waals surface area contributed by atoms with E-state index in [0.29, 0.717) is 0 Å². The van der Waals surface area contributed by atoms with Crippen LogP contribution < -0.4 is 0 Å². The van der Waals surface area contributed by atoms with Gasteiger partial charge in [0.15, 0.2) is 0 Å². The molecule has 0 radical (unpaired) electrons. The fraction of sp³-hybridized carbons (Fsp3) is 0.231. The Morgan fingerprint density at radius 1 is 1.29 bits per heavy atom. The quantitative estimate of drug-likeness (QED) is 0.685. The predicted octanol–water partition coefficient (Wildman–Crippen LogP) is 3.61. The van der Waals surface area contributed by atoms with Crippen LogP contribution in [0.4, 0.5) is 0 Å². The average molecular weight is 186 g/mol. The standard InChI is InChI=1S/C13H14O/c1-2-6-11-9-13(14-10-11)12-7-4-3-5-8-12/h2-8,10,13H,9H2,1H3/b6-2+. The van der Waals surface area contributed by atoms with Gasteiger partial charge >= 0.3 is 0 Å². The molecule has 0 N–H and O–H groups in total. The van der Waals surface area contributed by atoms with E-state index in [0.717, 1.165) is 6.42 Å². The minimum absolute atomic E-state index is 0.211. The molecular weight excluding hydrogens is 172 g/mol. The minimum Gasteiger partial charge on any atom is -0.493 e. The van der Waals surface area contributed by atoms with Gasteiger partial charge in [-0.2, -0.15) is 0 Å². The first kappa shape index (κ1) is 9.07. The SMILES string of the molecule is C/C=C/C1=COC(c2ccccc2)C1. The second kappa shape index (κ2) is 4.14. The van der Waals surface area contributed by atoms with E-state index >= 15 is 0 Å². The van der Waals surface area contributed by atoms with Gasteiger partial charge in [0, 0.05) is 6.42 Å². The van der Waals surface area contributed by atoms with Crippen molar-refractivity contribution in [1.82, 2.24) is 0 Å². The van der Waals surface area contributed by atoms with Crippen molar-refractivity contribution in [1.29, 1.82) is 0 Å². The Hall–Kier alpha value is -1.50. The van der Waals surface area contributed by atoms with Crippen molar-refractivity contribution in [2.75, 3.05) is 0 Å². The van der Waals surface area contributed by atoms with Gasteiger partial charge in [-0.05, 0) is 18.1 Å². The van der Waals surface area contributed by atoms with Crippen LogP contribution in [0, 0.1) is 0 Å². The van der Waals surface area contributed by atoms with E-state index in [4.69, 9.17) is 4.74 Å². The number of hydrogen-bond donors (Lipinski definition) is 0. The number of ether oxygens (including phenoxy) is 1. The van der Waals surface area contributed by atoms with Gasteiger partial charge < -0.3 is 4.74 Å². The molecule has 1 aliphatic heterocycles. The van der Waals surface area contributed by atoms with Crippen molar-refractivity contribution in [3.63, 3.8) is 0 Å². The molecule has 0 aromatic heterocycles. The molecule has 1 aromatic rings. The highest BCUT2D eigenvalue weighted by molar-refractivity contribution is 5.26. The van der Waals surface area contributed by atoms with Crippen LogP contribution in [0.1, 0.15) is 25.0 Å². The lowest BCUT2D eigenvalue weighted by atomic mass is 10.0. The lowest BCUT2D eigenvalue weighted by Gasteiger charge is -2.09. The highest BCUT2D eigenvalue weighted by atomic mass is 16.5. The molecule has 72 valence electrons. The van der Waals surface area contributed by atoms with E-state index in [-0.39, 0.29) is 6.10 Å². The summed E-state index contributed by atoms with van der Waals surface area (Å²) in [5.74, 6) is 0. The molecule has 0 saturated carbocycles. The van der Waals surface area contributed by atoms with Crippen LogP contribution in [0.15, 0.2) is 54.3 Å². The van der Waals surface area contributed by atoms with Gasteiger partial charge in [0.05, 0.1) is 6.26 Å². The molecule has 0 bridgehead atoms. The molecule has 0 amide bonds. The summed E-state index contributed by atoms with van der Waals surface area (Å²) in [7, 11) is 0. The van der Waals surface area contributed by atoms with Crippen LogP contribution in [-0.2, 0) is 4.74 Å². The summed E-state index contributed by atoms with van der Waals surface area (Å²) in [6.45, 7) is 2.02. The highest BCUT2D eigenvalue weighted by Gasteiger charge is 2.17. The second-order valence-corrected chi connectivity index (χ2v) is 3.43. The highest BCUT2D eigenvalue weighted by Crippen LogP contribution is 2.31. The van der Waals surface area contributed by atoms with Gasteiger partial charge in [0.2, 0.25) is 0 Å². The summed E-state index contributed by atoms with van der Waals surface area (Å²) in [5.41, 5.74) is 2.52. The summed E-state index contributed by atoms with van der Waals surface area (Å²) >= 11 is 0. The van der Waals surface area contributed by atoms with E-state index in [2.05, 4.69) is 18.2 Å². The van der Waals surface area contributed by atoms with Crippen molar-refractivity contribution in [2.24, 2.45) is 0 Å². The van der Waals surface area contributed by atoms with Crippen molar-refractivity contribution in [3.8, 4) is 0 Å². The largest absolute Gasteiger partial charge is 0.493 e. The minimum atomic E-state index is 0.211. The molecule has 1 unspecified atom stereocenters. The maximum Gasteiger partial charge on any atom is 0.127 e. The van der Waals surface area contributed by atoms with Crippen LogP contribution in [0.25, 0.3) is 0 Å². The lowest BCUT2D eigenvalue weighted by Crippen LogP contribution is -1.94. The van der Waals surface area contributed by atoms with Crippen molar-refractivity contribution < 1.29 is 4.74 Å². The fourth-order valence-corrected chi connectivity index (χ4v) is 1.67. The molecule has 0 spiro atoms. The fourth-order valence-electron chi connectivity index (χ4n) is 1.67. The Bertz CT molecular complexity index is 349. The summed E-state index contributed by atoms with van der Waals surface area (Å²) in [5, 5.41) is 0. The molecule has 1 aliphatic rings. The van der Waals surface area contributed by atoms with E-state index in [9.17, 15) is 0 Å². The summed E-state index contributed by atoms with van der Waals surface area (Å²) in [6.07, 6.45) is 7.19. The Kier molecular flexibility index (Phi) is 2.68. The first-order chi connectivity index (χ1) is 6.90. The van der Waals surface area contributed by atoms with Crippen LogP contribution in [-0.4, -0.2) is 0 Å². The van der Waals surface area contributed by atoms with Crippen molar-refractivity contribution in [3.05, 3.63) is 59.9 Å². The normalized spacial score (nSPS) is 20.9. The zero-order valence-electron chi connectivity index (χ0n) is 8.31.